The van der Waals surface area contributed by atoms with Crippen molar-refractivity contribution in [3.05, 3.63) is 29.3 Å². The van der Waals surface area contributed by atoms with Gasteiger partial charge in [-0.25, -0.2) is 0 Å². The summed E-state index contributed by atoms with van der Waals surface area (Å²) in [5, 5.41) is 0. The van der Waals surface area contributed by atoms with Gasteiger partial charge in [-0.15, -0.1) is 0 Å². The Bertz CT molecular complexity index is 468. The highest BCUT2D eigenvalue weighted by atomic mass is 16.5. The zero-order valence-corrected chi connectivity index (χ0v) is 12.8. The highest BCUT2D eigenvalue weighted by Crippen LogP contribution is 2.36. The normalized spacial score (nSPS) is 17.4. The summed E-state index contributed by atoms with van der Waals surface area (Å²) in [6.45, 7) is 0. The van der Waals surface area contributed by atoms with Crippen LogP contribution >= 0.6 is 0 Å². The van der Waals surface area contributed by atoms with Gasteiger partial charge in [0, 0.05) is 20.5 Å². The van der Waals surface area contributed by atoms with Gasteiger partial charge in [-0.1, -0.05) is 6.07 Å². The largest absolute Gasteiger partial charge is 0.497 e. The first kappa shape index (κ1) is 14.9. The summed E-state index contributed by atoms with van der Waals surface area (Å²) in [5.74, 6) is 1.79. The van der Waals surface area contributed by atoms with E-state index in [1.165, 1.54) is 24.0 Å². The Balaban J connectivity index is 1.96. The molecule has 110 valence electrons. The minimum absolute atomic E-state index is 0.232. The van der Waals surface area contributed by atoms with Crippen LogP contribution in [0.15, 0.2) is 18.2 Å². The van der Waals surface area contributed by atoms with Crippen LogP contribution in [0.4, 0.5) is 0 Å². The fourth-order valence-corrected chi connectivity index (χ4v) is 3.04. The molecule has 2 rings (SSSR count). The number of amides is 1. The van der Waals surface area contributed by atoms with E-state index in [2.05, 4.69) is 18.2 Å². The third-order valence-corrected chi connectivity index (χ3v) is 4.23. The second-order valence-corrected chi connectivity index (χ2v) is 5.83. The predicted molar refractivity (Wildman–Crippen MR) is 81.2 cm³/mol. The van der Waals surface area contributed by atoms with E-state index in [1.54, 1.807) is 12.0 Å². The SMILES string of the molecule is COc1ccc2c(c1)CCCC2CCCC(=O)N(C)C. The summed E-state index contributed by atoms with van der Waals surface area (Å²) in [7, 11) is 5.37. The first-order valence-corrected chi connectivity index (χ1v) is 7.48. The quantitative estimate of drug-likeness (QED) is 0.824. The molecular formula is C17H25NO2. The van der Waals surface area contributed by atoms with Crippen LogP contribution in [0.5, 0.6) is 5.75 Å². The average molecular weight is 275 g/mol. The van der Waals surface area contributed by atoms with E-state index in [-0.39, 0.29) is 5.91 Å². The molecule has 3 nitrogen and oxygen atoms in total. The summed E-state index contributed by atoms with van der Waals surface area (Å²) in [4.78, 5) is 13.3. The van der Waals surface area contributed by atoms with Gasteiger partial charge in [0.2, 0.25) is 5.91 Å². The third-order valence-electron chi connectivity index (χ3n) is 4.23. The fourth-order valence-electron chi connectivity index (χ4n) is 3.04. The number of ether oxygens (including phenoxy) is 1. The minimum atomic E-state index is 0.232. The molecule has 0 saturated carbocycles. The number of hydrogen-bond donors (Lipinski definition) is 0. The lowest BCUT2D eigenvalue weighted by Gasteiger charge is -2.26. The van der Waals surface area contributed by atoms with Crippen molar-refractivity contribution in [2.75, 3.05) is 21.2 Å². The summed E-state index contributed by atoms with van der Waals surface area (Å²) in [6, 6.07) is 6.44. The van der Waals surface area contributed by atoms with E-state index < -0.39 is 0 Å². The van der Waals surface area contributed by atoms with Crippen molar-refractivity contribution in [1.82, 2.24) is 4.90 Å². The number of carbonyl (C=O) groups excluding carboxylic acids is 1. The van der Waals surface area contributed by atoms with E-state index >= 15 is 0 Å². The van der Waals surface area contributed by atoms with Crippen LogP contribution in [0.3, 0.4) is 0 Å². The van der Waals surface area contributed by atoms with E-state index in [9.17, 15) is 4.79 Å². The van der Waals surface area contributed by atoms with Crippen molar-refractivity contribution >= 4 is 5.91 Å². The molecule has 0 radical (unpaired) electrons. The maximum atomic E-state index is 11.6. The first-order valence-electron chi connectivity index (χ1n) is 7.48. The molecule has 0 spiro atoms. The van der Waals surface area contributed by atoms with Crippen LogP contribution in [-0.4, -0.2) is 32.0 Å². The number of hydrogen-bond acceptors (Lipinski definition) is 2. The van der Waals surface area contributed by atoms with E-state index in [1.807, 2.05) is 14.1 Å². The maximum Gasteiger partial charge on any atom is 0.222 e. The minimum Gasteiger partial charge on any atom is -0.497 e. The maximum absolute atomic E-state index is 11.6. The molecule has 0 fully saturated rings. The van der Waals surface area contributed by atoms with E-state index in [0.29, 0.717) is 12.3 Å². The first-order chi connectivity index (χ1) is 9.61. The molecule has 3 heteroatoms. The molecule has 1 aliphatic rings. The molecule has 1 unspecified atom stereocenters. The highest BCUT2D eigenvalue weighted by molar-refractivity contribution is 5.75. The zero-order chi connectivity index (χ0) is 14.5. The Morgan fingerprint density at radius 1 is 1.40 bits per heavy atom. The number of aryl methyl sites for hydroxylation is 1. The molecular weight excluding hydrogens is 250 g/mol. The zero-order valence-electron chi connectivity index (χ0n) is 12.8. The van der Waals surface area contributed by atoms with Crippen LogP contribution < -0.4 is 4.74 Å². The van der Waals surface area contributed by atoms with Gasteiger partial charge in [-0.2, -0.15) is 0 Å². The lowest BCUT2D eigenvalue weighted by molar-refractivity contribution is -0.128. The summed E-state index contributed by atoms with van der Waals surface area (Å²) >= 11 is 0. The van der Waals surface area contributed by atoms with Crippen LogP contribution in [0, 0.1) is 0 Å². The van der Waals surface area contributed by atoms with Gasteiger partial charge in [0.15, 0.2) is 0 Å². The number of fused-ring (bicyclic) bond motifs is 1. The molecule has 1 aliphatic carbocycles. The topological polar surface area (TPSA) is 29.5 Å². The molecule has 0 bridgehead atoms. The van der Waals surface area contributed by atoms with Gasteiger partial charge in [0.05, 0.1) is 7.11 Å². The molecule has 20 heavy (non-hydrogen) atoms. The summed E-state index contributed by atoms with van der Waals surface area (Å²) in [5.41, 5.74) is 2.90. The Morgan fingerprint density at radius 2 is 2.20 bits per heavy atom. The molecule has 1 aromatic rings. The van der Waals surface area contributed by atoms with Gasteiger partial charge in [-0.05, 0) is 61.3 Å². The fraction of sp³-hybridized carbons (Fsp3) is 0.588. The third kappa shape index (κ3) is 3.53. The van der Waals surface area contributed by atoms with Crippen LogP contribution in [-0.2, 0) is 11.2 Å². The second-order valence-electron chi connectivity index (χ2n) is 5.83. The summed E-state index contributed by atoms with van der Waals surface area (Å²) in [6.07, 6.45) is 6.39. The average Bonchev–Trinajstić information content (AvgIpc) is 2.46. The van der Waals surface area contributed by atoms with Crippen LogP contribution in [0.25, 0.3) is 0 Å². The molecule has 0 aromatic heterocycles. The smallest absolute Gasteiger partial charge is 0.222 e. The second kappa shape index (κ2) is 6.78. The molecule has 1 amide bonds. The van der Waals surface area contributed by atoms with Gasteiger partial charge >= 0.3 is 0 Å². The van der Waals surface area contributed by atoms with Crippen molar-refractivity contribution in [2.45, 2.75) is 44.4 Å². The van der Waals surface area contributed by atoms with Gasteiger partial charge in [0.1, 0.15) is 5.75 Å². The Labute approximate surface area is 121 Å². The van der Waals surface area contributed by atoms with Crippen molar-refractivity contribution in [2.24, 2.45) is 0 Å². The van der Waals surface area contributed by atoms with Crippen molar-refractivity contribution in [3.8, 4) is 5.75 Å². The van der Waals surface area contributed by atoms with Gasteiger partial charge < -0.3 is 9.64 Å². The molecule has 0 N–H and O–H groups in total. The number of nitrogens with zero attached hydrogens (tertiary/aromatic N) is 1. The Kier molecular flexibility index (Phi) is 5.05. The van der Waals surface area contributed by atoms with Crippen molar-refractivity contribution in [1.29, 1.82) is 0 Å². The highest BCUT2D eigenvalue weighted by Gasteiger charge is 2.20. The van der Waals surface area contributed by atoms with Crippen LogP contribution in [0.1, 0.15) is 49.1 Å². The number of methoxy groups -OCH3 is 1. The number of benzene rings is 1. The lowest BCUT2D eigenvalue weighted by atomic mass is 9.80. The standard InChI is InChI=1S/C17H25NO2/c1-18(2)17(19)9-5-7-13-6-4-8-14-12-15(20-3)10-11-16(13)14/h10-13H,4-9H2,1-3H3. The van der Waals surface area contributed by atoms with Gasteiger partial charge in [0.25, 0.3) is 0 Å². The van der Waals surface area contributed by atoms with E-state index in [4.69, 9.17) is 4.74 Å². The number of rotatable bonds is 5. The predicted octanol–water partition coefficient (Wildman–Crippen LogP) is 3.37. The van der Waals surface area contributed by atoms with E-state index in [0.717, 1.165) is 25.0 Å². The Hall–Kier alpha value is -1.51. The molecule has 1 aromatic carbocycles. The molecule has 1 atom stereocenters. The Morgan fingerprint density at radius 3 is 2.90 bits per heavy atom. The van der Waals surface area contributed by atoms with Gasteiger partial charge in [-0.3, -0.25) is 4.79 Å². The summed E-state index contributed by atoms with van der Waals surface area (Å²) < 4.78 is 5.30. The lowest BCUT2D eigenvalue weighted by Crippen LogP contribution is -2.21. The van der Waals surface area contributed by atoms with Crippen LogP contribution in [0.2, 0.25) is 0 Å². The molecule has 0 aliphatic heterocycles. The number of carbonyl (C=O) groups is 1. The molecule has 0 saturated heterocycles. The monoisotopic (exact) mass is 275 g/mol. The molecule has 0 heterocycles. The van der Waals surface area contributed by atoms with Crippen molar-refractivity contribution < 1.29 is 9.53 Å². The van der Waals surface area contributed by atoms with Crippen molar-refractivity contribution in [3.63, 3.8) is 0 Å².